The molecule has 2 heterocycles. The molecule has 2 aromatic heterocycles. The number of aromatic nitrogens is 2. The van der Waals surface area contributed by atoms with Crippen LogP contribution in [-0.4, -0.2) is 9.97 Å². The summed E-state index contributed by atoms with van der Waals surface area (Å²) in [4.78, 5) is 10.1. The summed E-state index contributed by atoms with van der Waals surface area (Å²) in [7, 11) is 0. The Morgan fingerprint density at radius 3 is 3.23 bits per heavy atom. The third-order valence-corrected chi connectivity index (χ3v) is 3.27. The van der Waals surface area contributed by atoms with E-state index in [1.165, 1.54) is 16.1 Å². The molecule has 13 heavy (non-hydrogen) atoms. The van der Waals surface area contributed by atoms with E-state index in [2.05, 4.69) is 16.0 Å². The van der Waals surface area contributed by atoms with E-state index in [4.69, 9.17) is 0 Å². The molecule has 0 atom stereocenters. The average Bonchev–Trinajstić information content (AvgIpc) is 2.65. The zero-order valence-corrected chi connectivity index (χ0v) is 7.84. The fourth-order valence-electron chi connectivity index (χ4n) is 1.75. The highest BCUT2D eigenvalue weighted by molar-refractivity contribution is 7.10. The highest BCUT2D eigenvalue weighted by atomic mass is 32.1. The Labute approximate surface area is 80.3 Å². The zero-order valence-electron chi connectivity index (χ0n) is 7.03. The van der Waals surface area contributed by atoms with Crippen molar-refractivity contribution in [2.24, 2.45) is 0 Å². The van der Waals surface area contributed by atoms with Gasteiger partial charge in [-0.3, -0.25) is 4.98 Å². The van der Waals surface area contributed by atoms with Gasteiger partial charge in [0.25, 0.3) is 0 Å². The van der Waals surface area contributed by atoms with Crippen molar-refractivity contribution in [1.29, 1.82) is 0 Å². The molecule has 0 N–H and O–H groups in total. The molecule has 0 saturated heterocycles. The van der Waals surface area contributed by atoms with Crippen molar-refractivity contribution in [3.05, 3.63) is 34.4 Å². The average molecular weight is 188 g/mol. The van der Waals surface area contributed by atoms with E-state index in [1.807, 2.05) is 17.8 Å². The predicted molar refractivity (Wildman–Crippen MR) is 52.8 cm³/mol. The van der Waals surface area contributed by atoms with Gasteiger partial charge in [0.15, 0.2) is 0 Å². The first-order valence-electron chi connectivity index (χ1n) is 4.32. The van der Waals surface area contributed by atoms with Crippen molar-refractivity contribution in [3.63, 3.8) is 0 Å². The molecule has 2 nitrogen and oxygen atoms in total. The van der Waals surface area contributed by atoms with E-state index < -0.39 is 0 Å². The monoisotopic (exact) mass is 188 g/mol. The van der Waals surface area contributed by atoms with Crippen molar-refractivity contribution < 1.29 is 0 Å². The Balaban J connectivity index is 2.30. The molecule has 0 saturated carbocycles. The molecule has 0 spiro atoms. The number of thiazole rings is 1. The highest BCUT2D eigenvalue weighted by Gasteiger charge is 2.18. The second kappa shape index (κ2) is 2.64. The number of fused-ring (bicyclic) bond motifs is 3. The van der Waals surface area contributed by atoms with Gasteiger partial charge in [-0.05, 0) is 25.0 Å². The van der Waals surface area contributed by atoms with Gasteiger partial charge in [-0.2, -0.15) is 0 Å². The third kappa shape index (κ3) is 1.00. The quantitative estimate of drug-likeness (QED) is 0.634. The lowest BCUT2D eigenvalue weighted by Gasteiger charge is -2.12. The molecule has 0 aromatic carbocycles. The van der Waals surface area contributed by atoms with E-state index in [-0.39, 0.29) is 0 Å². The van der Waals surface area contributed by atoms with Crippen molar-refractivity contribution in [2.45, 2.75) is 12.8 Å². The molecule has 0 radical (unpaired) electrons. The van der Waals surface area contributed by atoms with Crippen LogP contribution in [0.5, 0.6) is 0 Å². The van der Waals surface area contributed by atoms with E-state index in [1.54, 1.807) is 11.3 Å². The lowest BCUT2D eigenvalue weighted by molar-refractivity contribution is 0.906. The maximum atomic E-state index is 4.38. The first-order valence-corrected chi connectivity index (χ1v) is 5.20. The highest BCUT2D eigenvalue weighted by Crippen LogP contribution is 2.32. The summed E-state index contributed by atoms with van der Waals surface area (Å²) >= 11 is 1.75. The maximum absolute atomic E-state index is 4.38. The van der Waals surface area contributed by atoms with Crippen molar-refractivity contribution >= 4 is 11.3 Å². The second-order valence-corrected chi connectivity index (χ2v) is 4.06. The number of aryl methyl sites for hydroxylation is 2. The largest absolute Gasteiger partial charge is 0.261 e. The Kier molecular flexibility index (Phi) is 1.46. The fraction of sp³-hybridized carbons (Fsp3) is 0.200. The zero-order chi connectivity index (χ0) is 8.67. The summed E-state index contributed by atoms with van der Waals surface area (Å²) in [6, 6.07) is 4.09. The van der Waals surface area contributed by atoms with Gasteiger partial charge in [-0.15, -0.1) is 11.3 Å². The standard InChI is InChI=1S/C10H8N2S/c1-2-7-8(11-5-1)3-4-9-10(7)12-6-13-9/h1-2,5-6H,3-4H2. The van der Waals surface area contributed by atoms with Crippen molar-refractivity contribution in [2.75, 3.05) is 0 Å². The molecule has 1 aliphatic carbocycles. The number of rotatable bonds is 0. The molecule has 3 rings (SSSR count). The van der Waals surface area contributed by atoms with Crippen LogP contribution in [0.25, 0.3) is 11.3 Å². The summed E-state index contributed by atoms with van der Waals surface area (Å²) in [6.45, 7) is 0. The van der Waals surface area contributed by atoms with Gasteiger partial charge in [0.05, 0.1) is 16.9 Å². The van der Waals surface area contributed by atoms with Gasteiger partial charge in [-0.1, -0.05) is 0 Å². The molecule has 0 unspecified atom stereocenters. The SMILES string of the molecule is c1cnc2c(c1)-c1ncsc1CC2. The fourth-order valence-corrected chi connectivity index (χ4v) is 2.53. The predicted octanol–water partition coefficient (Wildman–Crippen LogP) is 2.30. The van der Waals surface area contributed by atoms with Gasteiger partial charge in [0, 0.05) is 16.6 Å². The van der Waals surface area contributed by atoms with Gasteiger partial charge in [-0.25, -0.2) is 4.98 Å². The molecular weight excluding hydrogens is 180 g/mol. The van der Waals surface area contributed by atoms with Crippen LogP contribution in [0, 0.1) is 0 Å². The van der Waals surface area contributed by atoms with E-state index >= 15 is 0 Å². The van der Waals surface area contributed by atoms with Gasteiger partial charge in [0.2, 0.25) is 0 Å². The minimum absolute atomic E-state index is 1.06. The molecule has 1 aliphatic rings. The molecule has 3 heteroatoms. The molecule has 0 amide bonds. The normalized spacial score (nSPS) is 13.5. The molecule has 64 valence electrons. The first-order chi connectivity index (χ1) is 6.45. The van der Waals surface area contributed by atoms with Crippen LogP contribution >= 0.6 is 11.3 Å². The van der Waals surface area contributed by atoms with E-state index in [9.17, 15) is 0 Å². The Bertz CT molecular complexity index is 448. The Morgan fingerprint density at radius 2 is 2.23 bits per heavy atom. The summed E-state index contributed by atoms with van der Waals surface area (Å²) in [5.74, 6) is 0. The molecule has 0 bridgehead atoms. The number of hydrogen-bond acceptors (Lipinski definition) is 3. The van der Waals surface area contributed by atoms with Crippen molar-refractivity contribution in [1.82, 2.24) is 9.97 Å². The van der Waals surface area contributed by atoms with E-state index in [0.717, 1.165) is 18.5 Å². The topological polar surface area (TPSA) is 25.8 Å². The molecule has 2 aromatic rings. The van der Waals surface area contributed by atoms with Crippen LogP contribution in [0.3, 0.4) is 0 Å². The number of nitrogens with zero attached hydrogens (tertiary/aromatic N) is 2. The molecule has 0 aliphatic heterocycles. The van der Waals surface area contributed by atoms with Crippen LogP contribution in [0.2, 0.25) is 0 Å². The first kappa shape index (κ1) is 7.21. The maximum Gasteiger partial charge on any atom is 0.0861 e. The lowest BCUT2D eigenvalue weighted by Crippen LogP contribution is -2.03. The number of pyridine rings is 1. The van der Waals surface area contributed by atoms with Gasteiger partial charge >= 0.3 is 0 Å². The van der Waals surface area contributed by atoms with Crippen LogP contribution in [0.1, 0.15) is 10.6 Å². The molecular formula is C10H8N2S. The summed E-state index contributed by atoms with van der Waals surface area (Å²) < 4.78 is 0. The van der Waals surface area contributed by atoms with Crippen molar-refractivity contribution in [3.8, 4) is 11.3 Å². The Morgan fingerprint density at radius 1 is 1.23 bits per heavy atom. The van der Waals surface area contributed by atoms with Crippen LogP contribution < -0.4 is 0 Å². The smallest absolute Gasteiger partial charge is 0.0861 e. The van der Waals surface area contributed by atoms with Crippen LogP contribution in [0.15, 0.2) is 23.8 Å². The molecule has 0 fully saturated rings. The van der Waals surface area contributed by atoms with Crippen LogP contribution in [-0.2, 0) is 12.8 Å². The number of hydrogen-bond donors (Lipinski definition) is 0. The minimum Gasteiger partial charge on any atom is -0.261 e. The summed E-state index contributed by atoms with van der Waals surface area (Å²) in [5, 5.41) is 0. The Hall–Kier alpha value is -1.22. The summed E-state index contributed by atoms with van der Waals surface area (Å²) in [6.07, 6.45) is 4.02. The third-order valence-electron chi connectivity index (χ3n) is 2.38. The second-order valence-electron chi connectivity index (χ2n) is 3.12. The lowest BCUT2D eigenvalue weighted by atomic mass is 9.98. The van der Waals surface area contributed by atoms with Crippen LogP contribution in [0.4, 0.5) is 0 Å². The minimum atomic E-state index is 1.06. The van der Waals surface area contributed by atoms with Gasteiger partial charge < -0.3 is 0 Å². The van der Waals surface area contributed by atoms with E-state index in [0.29, 0.717) is 0 Å². The van der Waals surface area contributed by atoms with Gasteiger partial charge in [0.1, 0.15) is 0 Å². The summed E-state index contributed by atoms with van der Waals surface area (Å²) in [5.41, 5.74) is 5.50.